The summed E-state index contributed by atoms with van der Waals surface area (Å²) in [6, 6.07) is 12.5. The summed E-state index contributed by atoms with van der Waals surface area (Å²) in [5.74, 6) is -1.38. The quantitative estimate of drug-likeness (QED) is 0.590. The largest absolute Gasteiger partial charge is 0.451 e. The minimum Gasteiger partial charge on any atom is -0.451 e. The number of carbonyl (C=O) groups excluding carboxylic acids is 2. The maximum Gasteiger partial charge on any atom is 0.341 e. The molecule has 2 aromatic carbocycles. The number of aromatic nitrogens is 1. The lowest BCUT2D eigenvalue weighted by molar-refractivity contribution is 0.0320. The van der Waals surface area contributed by atoms with Gasteiger partial charge in [0.1, 0.15) is 5.82 Å². The van der Waals surface area contributed by atoms with Crippen molar-refractivity contribution < 1.29 is 18.7 Å². The van der Waals surface area contributed by atoms with Crippen molar-refractivity contribution in [2.75, 3.05) is 0 Å². The van der Waals surface area contributed by atoms with Gasteiger partial charge in [0.2, 0.25) is 5.78 Å². The van der Waals surface area contributed by atoms with Crippen LogP contribution in [0.25, 0.3) is 10.9 Å². The Morgan fingerprint density at radius 1 is 1.09 bits per heavy atom. The summed E-state index contributed by atoms with van der Waals surface area (Å²) >= 11 is 0. The van der Waals surface area contributed by atoms with Gasteiger partial charge in [0.05, 0.1) is 5.56 Å². The fourth-order valence-electron chi connectivity index (χ4n) is 2.37. The number of halogens is 1. The molecule has 0 radical (unpaired) electrons. The van der Waals surface area contributed by atoms with E-state index in [0.29, 0.717) is 11.1 Å². The van der Waals surface area contributed by atoms with E-state index in [1.54, 1.807) is 12.3 Å². The Morgan fingerprint density at radius 3 is 2.52 bits per heavy atom. The lowest BCUT2D eigenvalue weighted by Gasteiger charge is -2.12. The minimum atomic E-state index is -0.957. The summed E-state index contributed by atoms with van der Waals surface area (Å²) < 4.78 is 18.1. The first-order valence-corrected chi connectivity index (χ1v) is 7.13. The van der Waals surface area contributed by atoms with E-state index in [4.69, 9.17) is 4.74 Å². The van der Waals surface area contributed by atoms with E-state index in [9.17, 15) is 14.0 Å². The number of esters is 1. The van der Waals surface area contributed by atoms with Gasteiger partial charge in [0, 0.05) is 22.7 Å². The van der Waals surface area contributed by atoms with E-state index in [0.717, 1.165) is 10.9 Å². The molecular weight excluding hydrogens is 297 g/mol. The maximum absolute atomic E-state index is 12.9. The highest BCUT2D eigenvalue weighted by Gasteiger charge is 2.22. The van der Waals surface area contributed by atoms with Crippen LogP contribution in [0.4, 0.5) is 4.39 Å². The number of nitrogens with one attached hydrogen (secondary N) is 1. The summed E-state index contributed by atoms with van der Waals surface area (Å²) in [5.41, 5.74) is 1.49. The Kier molecular flexibility index (Phi) is 3.93. The second kappa shape index (κ2) is 6.04. The highest BCUT2D eigenvalue weighted by molar-refractivity contribution is 6.06. The van der Waals surface area contributed by atoms with E-state index in [1.165, 1.54) is 31.2 Å². The van der Waals surface area contributed by atoms with Crippen molar-refractivity contribution in [1.82, 2.24) is 4.98 Å². The Bertz CT molecular complexity index is 867. The normalized spacial score (nSPS) is 12.1. The number of H-pyrrole nitrogens is 1. The predicted octanol–water partition coefficient (Wildman–Crippen LogP) is 3.74. The van der Waals surface area contributed by atoms with Gasteiger partial charge in [-0.15, -0.1) is 0 Å². The number of ketones is 1. The van der Waals surface area contributed by atoms with Crippen LogP contribution in [-0.2, 0) is 4.74 Å². The van der Waals surface area contributed by atoms with Gasteiger partial charge in [-0.3, -0.25) is 4.79 Å². The summed E-state index contributed by atoms with van der Waals surface area (Å²) in [6.07, 6.45) is 0.601. The van der Waals surface area contributed by atoms with Crippen molar-refractivity contribution in [2.24, 2.45) is 0 Å². The molecule has 0 bridgehead atoms. The maximum atomic E-state index is 12.9. The number of hydrogen-bond acceptors (Lipinski definition) is 3. The van der Waals surface area contributed by atoms with Crippen LogP contribution in [0.2, 0.25) is 0 Å². The van der Waals surface area contributed by atoms with E-state index >= 15 is 0 Å². The molecule has 0 aliphatic heterocycles. The second-order valence-corrected chi connectivity index (χ2v) is 5.17. The van der Waals surface area contributed by atoms with Crippen molar-refractivity contribution in [3.63, 3.8) is 0 Å². The third kappa shape index (κ3) is 2.99. The predicted molar refractivity (Wildman–Crippen MR) is 83.9 cm³/mol. The molecule has 0 saturated heterocycles. The Labute approximate surface area is 131 Å². The molecule has 23 heavy (non-hydrogen) atoms. The Balaban J connectivity index is 1.77. The molecule has 1 N–H and O–H groups in total. The molecule has 0 amide bonds. The molecule has 0 aliphatic rings. The van der Waals surface area contributed by atoms with Crippen molar-refractivity contribution in [3.8, 4) is 0 Å². The smallest absolute Gasteiger partial charge is 0.341 e. The number of rotatable bonds is 4. The van der Waals surface area contributed by atoms with E-state index in [1.807, 2.05) is 18.2 Å². The van der Waals surface area contributed by atoms with Gasteiger partial charge >= 0.3 is 5.97 Å². The molecule has 1 heterocycles. The molecule has 3 aromatic rings. The molecule has 0 aliphatic carbocycles. The van der Waals surface area contributed by atoms with Crippen LogP contribution in [0.5, 0.6) is 0 Å². The van der Waals surface area contributed by atoms with Gasteiger partial charge in [-0.25, -0.2) is 9.18 Å². The number of fused-ring (bicyclic) bond motifs is 1. The molecule has 3 rings (SSSR count). The summed E-state index contributed by atoms with van der Waals surface area (Å²) in [5, 5.41) is 0.735. The molecule has 0 saturated carbocycles. The zero-order chi connectivity index (χ0) is 16.4. The zero-order valence-electron chi connectivity index (χ0n) is 12.4. The first-order valence-electron chi connectivity index (χ1n) is 7.13. The van der Waals surface area contributed by atoms with Gasteiger partial charge < -0.3 is 9.72 Å². The van der Waals surface area contributed by atoms with Crippen molar-refractivity contribution >= 4 is 22.7 Å². The highest BCUT2D eigenvalue weighted by Crippen LogP contribution is 2.19. The van der Waals surface area contributed by atoms with Crippen LogP contribution < -0.4 is 0 Å². The lowest BCUT2D eigenvalue weighted by atomic mass is 10.1. The molecule has 0 unspecified atom stereocenters. The zero-order valence-corrected chi connectivity index (χ0v) is 12.4. The fourth-order valence-corrected chi connectivity index (χ4v) is 2.37. The summed E-state index contributed by atoms with van der Waals surface area (Å²) in [4.78, 5) is 27.5. The number of ether oxygens (including phenoxy) is 1. The Hall–Kier alpha value is -2.95. The van der Waals surface area contributed by atoms with E-state index in [-0.39, 0.29) is 5.78 Å². The van der Waals surface area contributed by atoms with Crippen molar-refractivity contribution in [1.29, 1.82) is 0 Å². The van der Waals surface area contributed by atoms with Crippen molar-refractivity contribution in [2.45, 2.75) is 13.0 Å². The lowest BCUT2D eigenvalue weighted by Crippen LogP contribution is -2.24. The summed E-state index contributed by atoms with van der Waals surface area (Å²) in [7, 11) is 0. The first-order chi connectivity index (χ1) is 11.1. The number of hydrogen-bond donors (Lipinski definition) is 1. The van der Waals surface area contributed by atoms with Gasteiger partial charge in [-0.2, -0.15) is 0 Å². The van der Waals surface area contributed by atoms with Crippen LogP contribution in [0.3, 0.4) is 0 Å². The molecule has 1 atom stereocenters. The number of benzene rings is 2. The van der Waals surface area contributed by atoms with Crippen LogP contribution in [0, 0.1) is 5.82 Å². The van der Waals surface area contributed by atoms with E-state index < -0.39 is 17.9 Å². The van der Waals surface area contributed by atoms with Crippen molar-refractivity contribution in [3.05, 3.63) is 71.7 Å². The average molecular weight is 311 g/mol. The third-order valence-electron chi connectivity index (χ3n) is 3.59. The second-order valence-electron chi connectivity index (χ2n) is 5.17. The third-order valence-corrected chi connectivity index (χ3v) is 3.59. The number of Topliss-reactive ketones (excluding diaryl/α,β-unsaturated/α-hetero) is 1. The number of carbonyl (C=O) groups is 2. The van der Waals surface area contributed by atoms with Crippen LogP contribution >= 0.6 is 0 Å². The molecule has 4 nitrogen and oxygen atoms in total. The van der Waals surface area contributed by atoms with Gasteiger partial charge in [0.15, 0.2) is 6.10 Å². The van der Waals surface area contributed by atoms with Crippen LogP contribution in [0.1, 0.15) is 27.6 Å². The average Bonchev–Trinajstić information content (AvgIpc) is 2.99. The fraction of sp³-hybridized carbons (Fsp3) is 0.111. The molecule has 116 valence electrons. The van der Waals surface area contributed by atoms with Gasteiger partial charge in [-0.05, 0) is 37.3 Å². The standard InChI is InChI=1S/C18H14FNO3/c1-11(17(21)12-6-8-13(19)9-7-12)23-18(22)15-10-20-16-5-3-2-4-14(15)16/h2-11,20H,1H3/t11-/m0/s1. The first kappa shape index (κ1) is 15.0. The molecule has 0 spiro atoms. The SMILES string of the molecule is C[C@H](OC(=O)c1c[nH]c2ccccc12)C(=O)c1ccc(F)cc1. The molecule has 5 heteroatoms. The number of para-hydroxylation sites is 1. The van der Waals surface area contributed by atoms with E-state index in [2.05, 4.69) is 4.98 Å². The number of aromatic amines is 1. The Morgan fingerprint density at radius 2 is 1.78 bits per heavy atom. The molecular formula is C18H14FNO3. The minimum absolute atomic E-state index is 0.297. The van der Waals surface area contributed by atoms with Crippen LogP contribution in [0.15, 0.2) is 54.7 Å². The highest BCUT2D eigenvalue weighted by atomic mass is 19.1. The van der Waals surface area contributed by atoms with Gasteiger partial charge in [0.25, 0.3) is 0 Å². The van der Waals surface area contributed by atoms with Crippen LogP contribution in [-0.4, -0.2) is 22.8 Å². The monoisotopic (exact) mass is 311 g/mol. The molecule has 1 aromatic heterocycles. The summed E-state index contributed by atoms with van der Waals surface area (Å²) in [6.45, 7) is 1.50. The molecule has 0 fully saturated rings. The van der Waals surface area contributed by atoms with Gasteiger partial charge in [-0.1, -0.05) is 18.2 Å². The topological polar surface area (TPSA) is 59.2 Å².